The summed E-state index contributed by atoms with van der Waals surface area (Å²) < 4.78 is 13.2. The summed E-state index contributed by atoms with van der Waals surface area (Å²) in [6.07, 6.45) is 4.74. The van der Waals surface area contributed by atoms with E-state index in [1.807, 2.05) is 0 Å². The van der Waals surface area contributed by atoms with Crippen molar-refractivity contribution >= 4 is 5.69 Å². The highest BCUT2D eigenvalue weighted by molar-refractivity contribution is 5.59. The Balaban J connectivity index is 2.16. The number of hydrogen-bond donors (Lipinski definition) is 0. The summed E-state index contributed by atoms with van der Waals surface area (Å²) in [4.78, 5) is 2.22. The summed E-state index contributed by atoms with van der Waals surface area (Å²) in [6, 6.07) is 6.61. The van der Waals surface area contributed by atoms with Crippen LogP contribution < -0.4 is 4.90 Å². The topological polar surface area (TPSA) is 27.0 Å². The third-order valence-electron chi connectivity index (χ3n) is 4.74. The molecule has 1 fully saturated rings. The minimum Gasteiger partial charge on any atom is -0.370 e. The molecule has 1 heterocycles. The van der Waals surface area contributed by atoms with Crippen LogP contribution in [0.5, 0.6) is 0 Å². The van der Waals surface area contributed by atoms with Crippen LogP contribution in [0.2, 0.25) is 0 Å². The molecule has 1 aromatic carbocycles. The Morgan fingerprint density at radius 2 is 1.89 bits per heavy atom. The number of benzene rings is 1. The Labute approximate surface area is 114 Å². The van der Waals surface area contributed by atoms with Crippen molar-refractivity contribution in [3.8, 4) is 6.07 Å². The van der Waals surface area contributed by atoms with E-state index in [2.05, 4.69) is 24.8 Å². The lowest BCUT2D eigenvalue weighted by atomic mass is 9.74. The van der Waals surface area contributed by atoms with Gasteiger partial charge in [-0.3, -0.25) is 0 Å². The van der Waals surface area contributed by atoms with E-state index < -0.39 is 0 Å². The van der Waals surface area contributed by atoms with E-state index in [0.717, 1.165) is 31.6 Å². The fourth-order valence-electron chi connectivity index (χ4n) is 3.05. The van der Waals surface area contributed by atoms with Crippen molar-refractivity contribution in [1.29, 1.82) is 5.26 Å². The molecule has 0 aliphatic carbocycles. The zero-order valence-corrected chi connectivity index (χ0v) is 11.7. The number of rotatable bonds is 3. The van der Waals surface area contributed by atoms with Gasteiger partial charge < -0.3 is 4.90 Å². The lowest BCUT2D eigenvalue weighted by Crippen LogP contribution is -2.40. The van der Waals surface area contributed by atoms with Gasteiger partial charge in [0.25, 0.3) is 0 Å². The molecular formula is C16H21FN2. The zero-order chi connectivity index (χ0) is 13.9. The molecule has 0 radical (unpaired) electrons. The van der Waals surface area contributed by atoms with Gasteiger partial charge in [-0.2, -0.15) is 5.26 Å². The second kappa shape index (κ2) is 5.61. The number of anilines is 1. The number of nitriles is 1. The molecular weight excluding hydrogens is 239 g/mol. The highest BCUT2D eigenvalue weighted by Gasteiger charge is 2.31. The largest absolute Gasteiger partial charge is 0.370 e. The second-order valence-corrected chi connectivity index (χ2v) is 5.47. The molecule has 1 aliphatic rings. The maximum absolute atomic E-state index is 13.2. The molecule has 2 rings (SSSR count). The summed E-state index contributed by atoms with van der Waals surface area (Å²) >= 11 is 0. The number of hydrogen-bond acceptors (Lipinski definition) is 2. The second-order valence-electron chi connectivity index (χ2n) is 5.47. The van der Waals surface area contributed by atoms with Crippen LogP contribution in [0.25, 0.3) is 0 Å². The van der Waals surface area contributed by atoms with Gasteiger partial charge in [0, 0.05) is 13.1 Å². The molecule has 1 aliphatic heterocycles. The van der Waals surface area contributed by atoms with Crippen molar-refractivity contribution in [3.05, 3.63) is 29.6 Å². The Bertz CT molecular complexity index is 476. The zero-order valence-electron chi connectivity index (χ0n) is 11.7. The minimum absolute atomic E-state index is 0.339. The molecule has 0 amide bonds. The molecule has 3 heteroatoms. The summed E-state index contributed by atoms with van der Waals surface area (Å²) in [7, 11) is 0. The summed E-state index contributed by atoms with van der Waals surface area (Å²) in [5.41, 5.74) is 1.79. The lowest BCUT2D eigenvalue weighted by Gasteiger charge is -2.42. The summed E-state index contributed by atoms with van der Waals surface area (Å²) in [6.45, 7) is 6.44. The van der Waals surface area contributed by atoms with Crippen LogP contribution in [0.15, 0.2) is 18.2 Å². The molecule has 0 spiro atoms. The molecule has 0 unspecified atom stereocenters. The van der Waals surface area contributed by atoms with Gasteiger partial charge in [0.15, 0.2) is 0 Å². The van der Waals surface area contributed by atoms with Gasteiger partial charge in [-0.25, -0.2) is 4.39 Å². The van der Waals surface area contributed by atoms with E-state index in [1.165, 1.54) is 25.0 Å². The monoisotopic (exact) mass is 260 g/mol. The maximum atomic E-state index is 13.2. The van der Waals surface area contributed by atoms with E-state index in [9.17, 15) is 4.39 Å². The number of halogens is 1. The number of nitrogens with zero attached hydrogens (tertiary/aromatic N) is 2. The Kier molecular flexibility index (Phi) is 4.09. The van der Waals surface area contributed by atoms with Gasteiger partial charge in [0.05, 0.1) is 11.3 Å². The fraction of sp³-hybridized carbons (Fsp3) is 0.562. The average molecular weight is 260 g/mol. The molecule has 0 bridgehead atoms. The SMILES string of the molecule is CCC1(CC)CCN(c2ccc(F)cc2C#N)CC1. The normalized spacial score (nSPS) is 18.1. The molecule has 2 nitrogen and oxygen atoms in total. The standard InChI is InChI=1S/C16H21FN2/c1-3-16(4-2)7-9-19(10-8-16)15-6-5-14(17)11-13(15)12-18/h5-6,11H,3-4,7-10H2,1-2H3. The quantitative estimate of drug-likeness (QED) is 0.818. The number of piperidine rings is 1. The van der Waals surface area contributed by atoms with Gasteiger partial charge in [0.2, 0.25) is 0 Å². The Morgan fingerprint density at radius 1 is 1.26 bits per heavy atom. The molecule has 0 aromatic heterocycles. The van der Waals surface area contributed by atoms with Crippen molar-refractivity contribution in [1.82, 2.24) is 0 Å². The lowest BCUT2D eigenvalue weighted by molar-refractivity contribution is 0.199. The highest BCUT2D eigenvalue weighted by Crippen LogP contribution is 2.39. The first-order valence-corrected chi connectivity index (χ1v) is 7.09. The minimum atomic E-state index is -0.339. The van der Waals surface area contributed by atoms with Crippen LogP contribution in [-0.2, 0) is 0 Å². The van der Waals surface area contributed by atoms with Gasteiger partial charge >= 0.3 is 0 Å². The fourth-order valence-corrected chi connectivity index (χ4v) is 3.05. The highest BCUT2D eigenvalue weighted by atomic mass is 19.1. The first kappa shape index (κ1) is 13.9. The smallest absolute Gasteiger partial charge is 0.124 e. The predicted octanol–water partition coefficient (Wildman–Crippen LogP) is 4.10. The molecule has 0 N–H and O–H groups in total. The van der Waals surface area contributed by atoms with Crippen LogP contribution in [0.3, 0.4) is 0 Å². The van der Waals surface area contributed by atoms with Crippen molar-refractivity contribution in [3.63, 3.8) is 0 Å². The Morgan fingerprint density at radius 3 is 2.42 bits per heavy atom. The Hall–Kier alpha value is -1.56. The van der Waals surface area contributed by atoms with Gasteiger partial charge in [-0.05, 0) is 36.5 Å². The van der Waals surface area contributed by atoms with Crippen LogP contribution in [0, 0.1) is 22.6 Å². The van der Waals surface area contributed by atoms with Crippen molar-refractivity contribution < 1.29 is 4.39 Å². The van der Waals surface area contributed by atoms with E-state index >= 15 is 0 Å². The van der Waals surface area contributed by atoms with E-state index in [-0.39, 0.29) is 5.82 Å². The molecule has 1 aromatic rings. The van der Waals surface area contributed by atoms with E-state index in [1.54, 1.807) is 6.07 Å². The molecule has 19 heavy (non-hydrogen) atoms. The first-order chi connectivity index (χ1) is 9.14. The average Bonchev–Trinajstić information content (AvgIpc) is 2.47. The maximum Gasteiger partial charge on any atom is 0.124 e. The summed E-state index contributed by atoms with van der Waals surface area (Å²) in [5.74, 6) is -0.339. The van der Waals surface area contributed by atoms with Crippen molar-refractivity contribution in [2.45, 2.75) is 39.5 Å². The van der Waals surface area contributed by atoms with Gasteiger partial charge in [-0.1, -0.05) is 26.7 Å². The molecule has 102 valence electrons. The third kappa shape index (κ3) is 2.73. The van der Waals surface area contributed by atoms with Crippen LogP contribution in [0.4, 0.5) is 10.1 Å². The summed E-state index contributed by atoms with van der Waals surface area (Å²) in [5, 5.41) is 9.13. The third-order valence-corrected chi connectivity index (χ3v) is 4.74. The predicted molar refractivity (Wildman–Crippen MR) is 75.6 cm³/mol. The molecule has 0 atom stereocenters. The van der Waals surface area contributed by atoms with E-state index in [0.29, 0.717) is 11.0 Å². The van der Waals surface area contributed by atoms with Crippen LogP contribution in [0.1, 0.15) is 45.1 Å². The van der Waals surface area contributed by atoms with Crippen molar-refractivity contribution in [2.24, 2.45) is 5.41 Å². The molecule has 1 saturated heterocycles. The van der Waals surface area contributed by atoms with Crippen molar-refractivity contribution in [2.75, 3.05) is 18.0 Å². The molecule has 0 saturated carbocycles. The van der Waals surface area contributed by atoms with Gasteiger partial charge in [-0.15, -0.1) is 0 Å². The van der Waals surface area contributed by atoms with Gasteiger partial charge in [0.1, 0.15) is 11.9 Å². The van der Waals surface area contributed by atoms with Crippen LogP contribution >= 0.6 is 0 Å². The van der Waals surface area contributed by atoms with Crippen LogP contribution in [-0.4, -0.2) is 13.1 Å². The first-order valence-electron chi connectivity index (χ1n) is 7.09. The van der Waals surface area contributed by atoms with E-state index in [4.69, 9.17) is 5.26 Å².